The molecule has 0 N–H and O–H groups in total. The van der Waals surface area contributed by atoms with E-state index in [-0.39, 0.29) is 0 Å². The van der Waals surface area contributed by atoms with Crippen molar-refractivity contribution in [2.75, 3.05) is 5.06 Å². The van der Waals surface area contributed by atoms with Crippen LogP contribution in [0, 0.1) is 10.1 Å². The molecule has 24 heavy (non-hydrogen) atoms. The molecule has 0 fully saturated rings. The molecule has 2 aromatic rings. The average molecular weight is 328 g/mol. The van der Waals surface area contributed by atoms with Crippen LogP contribution in [0.3, 0.4) is 0 Å². The monoisotopic (exact) mass is 328 g/mol. The van der Waals surface area contributed by atoms with Crippen molar-refractivity contribution in [2.24, 2.45) is 0 Å². The van der Waals surface area contributed by atoms with E-state index in [9.17, 15) is 10.1 Å². The second kappa shape index (κ2) is 6.28. The third-order valence-electron chi connectivity index (χ3n) is 3.37. The lowest BCUT2D eigenvalue weighted by Crippen LogP contribution is -2.37. The van der Waals surface area contributed by atoms with Crippen LogP contribution in [0.15, 0.2) is 36.4 Å². The molecule has 2 aromatic heterocycles. The van der Waals surface area contributed by atoms with Gasteiger partial charge >= 0.3 is 5.82 Å². The molecule has 0 aliphatic rings. The summed E-state index contributed by atoms with van der Waals surface area (Å²) in [7, 11) is 0. The maximum atomic E-state index is 12.3. The number of nitroso groups, excluding NO2 is 1. The van der Waals surface area contributed by atoms with Crippen LogP contribution in [0.25, 0.3) is 11.4 Å². The Morgan fingerprint density at radius 2 is 1.46 bits per heavy atom. The summed E-state index contributed by atoms with van der Waals surface area (Å²) in [6, 6.07) is 10.4. The number of anilines is 1. The highest BCUT2D eigenvalue weighted by Gasteiger charge is 2.29. The molecule has 0 aliphatic carbocycles. The topological polar surface area (TPSA) is 72.2 Å². The molecule has 0 aliphatic heterocycles. The predicted octanol–water partition coefficient (Wildman–Crippen LogP) is 4.46. The summed E-state index contributed by atoms with van der Waals surface area (Å²) in [6.07, 6.45) is 0. The molecule has 0 atom stereocenters. The van der Waals surface area contributed by atoms with E-state index in [1.807, 2.05) is 41.5 Å². The van der Waals surface area contributed by atoms with Gasteiger partial charge in [-0.1, -0.05) is 11.0 Å². The number of pyridine rings is 2. The molecule has 0 aromatic carbocycles. The standard InChI is InChI=1S/C18H24N4O2/c1-17(2,3)21(23)15-11-7-9-13(19-15)14-10-8-12-16(20-14)22(24)18(4,5)6/h7-12H,1-6H3. The minimum absolute atomic E-state index is 0.321. The van der Waals surface area contributed by atoms with E-state index >= 15 is 0 Å². The van der Waals surface area contributed by atoms with Gasteiger partial charge in [-0.15, -0.1) is 0 Å². The summed E-state index contributed by atoms with van der Waals surface area (Å²) in [5.74, 6) is 0.643. The fourth-order valence-electron chi connectivity index (χ4n) is 2.05. The highest BCUT2D eigenvalue weighted by molar-refractivity contribution is 5.59. The summed E-state index contributed by atoms with van der Waals surface area (Å²) >= 11 is 0. The Morgan fingerprint density at radius 3 is 2.00 bits per heavy atom. The number of hydroxylamine groups is 1. The van der Waals surface area contributed by atoms with Crippen molar-refractivity contribution in [2.45, 2.75) is 52.6 Å². The van der Waals surface area contributed by atoms with Crippen LogP contribution in [-0.4, -0.2) is 25.8 Å². The number of hydrogen-bond donors (Lipinski definition) is 0. The zero-order valence-electron chi connectivity index (χ0n) is 15.1. The van der Waals surface area contributed by atoms with Crippen LogP contribution in [0.4, 0.5) is 11.6 Å². The quantitative estimate of drug-likeness (QED) is 0.614. The summed E-state index contributed by atoms with van der Waals surface area (Å²) in [5.41, 5.74) is -0.0544. The molecule has 0 spiro atoms. The van der Waals surface area contributed by atoms with Gasteiger partial charge in [0.15, 0.2) is 0 Å². The van der Waals surface area contributed by atoms with E-state index in [0.717, 1.165) is 9.82 Å². The van der Waals surface area contributed by atoms with Crippen molar-refractivity contribution in [3.63, 3.8) is 0 Å². The van der Waals surface area contributed by atoms with E-state index in [1.165, 1.54) is 0 Å². The van der Waals surface area contributed by atoms with E-state index in [0.29, 0.717) is 23.0 Å². The zero-order chi connectivity index (χ0) is 18.1. The normalized spacial score (nSPS) is 12.1. The maximum absolute atomic E-state index is 12.3. The minimum atomic E-state index is -0.584. The van der Waals surface area contributed by atoms with Crippen LogP contribution < -0.4 is 5.06 Å². The highest BCUT2D eigenvalue weighted by atomic mass is 16.5. The summed E-state index contributed by atoms with van der Waals surface area (Å²) in [5, 5.41) is 13.2. The molecule has 2 rings (SSSR count). The Kier molecular flexibility index (Phi) is 4.71. The SMILES string of the molecule is CC(C)(C)N([O-])c1cccc(-c2cccc([N+](=O)C(C)(C)C)n2)n1. The van der Waals surface area contributed by atoms with Crippen molar-refractivity contribution >= 4 is 11.6 Å². The Hall–Kier alpha value is -2.34. The lowest BCUT2D eigenvalue weighted by molar-refractivity contribution is -0.543. The first-order valence-electron chi connectivity index (χ1n) is 7.89. The zero-order valence-corrected chi connectivity index (χ0v) is 15.1. The van der Waals surface area contributed by atoms with Gasteiger partial charge in [0.05, 0.1) is 0 Å². The molecule has 6 nitrogen and oxygen atoms in total. The molecule has 0 saturated heterocycles. The average Bonchev–Trinajstić information content (AvgIpc) is 2.52. The lowest BCUT2D eigenvalue weighted by Gasteiger charge is -2.42. The van der Waals surface area contributed by atoms with Crippen LogP contribution >= 0.6 is 0 Å². The van der Waals surface area contributed by atoms with Crippen molar-refractivity contribution < 1.29 is 4.76 Å². The molecule has 0 amide bonds. The van der Waals surface area contributed by atoms with Crippen LogP contribution in [0.5, 0.6) is 0 Å². The number of nitrogens with zero attached hydrogens (tertiary/aromatic N) is 4. The van der Waals surface area contributed by atoms with Gasteiger partial charge in [-0.05, 0) is 75.6 Å². The van der Waals surface area contributed by atoms with E-state index in [2.05, 4.69) is 9.97 Å². The second-order valence-electron chi connectivity index (χ2n) is 7.69. The molecular formula is C18H24N4O2. The minimum Gasteiger partial charge on any atom is -0.757 e. The van der Waals surface area contributed by atoms with E-state index < -0.39 is 11.1 Å². The smallest absolute Gasteiger partial charge is 0.362 e. The highest BCUT2D eigenvalue weighted by Crippen LogP contribution is 2.26. The first kappa shape index (κ1) is 18.0. The fourth-order valence-corrected chi connectivity index (χ4v) is 2.05. The Morgan fingerprint density at radius 1 is 0.917 bits per heavy atom. The van der Waals surface area contributed by atoms with Crippen molar-refractivity contribution in [3.8, 4) is 11.4 Å². The predicted molar refractivity (Wildman–Crippen MR) is 96.1 cm³/mol. The summed E-state index contributed by atoms with van der Waals surface area (Å²) in [6.45, 7) is 11.0. The maximum Gasteiger partial charge on any atom is 0.362 e. The van der Waals surface area contributed by atoms with Gasteiger partial charge in [-0.25, -0.2) is 4.98 Å². The Balaban J connectivity index is 2.42. The van der Waals surface area contributed by atoms with Gasteiger partial charge < -0.3 is 10.3 Å². The van der Waals surface area contributed by atoms with Gasteiger partial charge in [0.1, 0.15) is 17.1 Å². The van der Waals surface area contributed by atoms with Crippen molar-refractivity contribution in [1.82, 2.24) is 9.97 Å². The Labute approximate surface area is 142 Å². The number of rotatable bonds is 3. The van der Waals surface area contributed by atoms with Crippen molar-refractivity contribution in [3.05, 3.63) is 46.5 Å². The van der Waals surface area contributed by atoms with Gasteiger partial charge in [-0.3, -0.25) is 0 Å². The Bertz CT molecular complexity index is 745. The van der Waals surface area contributed by atoms with Gasteiger partial charge in [0.2, 0.25) is 5.69 Å². The largest absolute Gasteiger partial charge is 0.757 e. The lowest BCUT2D eigenvalue weighted by atomic mass is 10.1. The van der Waals surface area contributed by atoms with Crippen LogP contribution in [0.1, 0.15) is 41.5 Å². The first-order chi connectivity index (χ1) is 11.0. The molecule has 128 valence electrons. The van der Waals surface area contributed by atoms with Gasteiger partial charge in [0, 0.05) is 11.6 Å². The summed E-state index contributed by atoms with van der Waals surface area (Å²) in [4.78, 5) is 21.1. The summed E-state index contributed by atoms with van der Waals surface area (Å²) < 4.78 is 0.870. The van der Waals surface area contributed by atoms with E-state index in [4.69, 9.17) is 0 Å². The molecule has 0 bridgehead atoms. The number of hydrogen-bond acceptors (Lipinski definition) is 5. The van der Waals surface area contributed by atoms with Crippen LogP contribution in [0.2, 0.25) is 0 Å². The third kappa shape index (κ3) is 3.94. The molecule has 6 heteroatoms. The second-order valence-corrected chi connectivity index (χ2v) is 7.69. The molecular weight excluding hydrogens is 304 g/mol. The van der Waals surface area contributed by atoms with Crippen molar-refractivity contribution in [1.29, 1.82) is 0 Å². The molecule has 0 saturated carbocycles. The molecule has 0 unspecified atom stereocenters. The first-order valence-corrected chi connectivity index (χ1v) is 7.89. The molecule has 2 heterocycles. The number of aromatic nitrogens is 2. The van der Waals surface area contributed by atoms with E-state index in [1.54, 1.807) is 36.4 Å². The van der Waals surface area contributed by atoms with Gasteiger partial charge in [-0.2, -0.15) is 0 Å². The third-order valence-corrected chi connectivity index (χ3v) is 3.37. The van der Waals surface area contributed by atoms with Crippen LogP contribution in [-0.2, 0) is 0 Å². The fraction of sp³-hybridized carbons (Fsp3) is 0.444. The molecule has 0 radical (unpaired) electrons. The van der Waals surface area contributed by atoms with Gasteiger partial charge in [0.25, 0.3) is 0 Å².